The summed E-state index contributed by atoms with van der Waals surface area (Å²) in [6, 6.07) is 6.05. The quantitative estimate of drug-likeness (QED) is 0.387. The first-order valence-electron chi connectivity index (χ1n) is 6.18. The maximum absolute atomic E-state index is 8.69. The molecule has 4 nitrogen and oxygen atoms in total. The fraction of sp³-hybridized carbons (Fsp3) is 0.500. The molecule has 0 aliphatic heterocycles. The Morgan fingerprint density at radius 3 is 2.42 bits per heavy atom. The van der Waals surface area contributed by atoms with Crippen molar-refractivity contribution < 1.29 is 5.21 Å². The summed E-state index contributed by atoms with van der Waals surface area (Å²) >= 11 is 3.55. The van der Waals surface area contributed by atoms with Crippen LogP contribution in [0.3, 0.4) is 0 Å². The molecule has 0 bridgehead atoms. The molecule has 1 aromatic rings. The second-order valence-electron chi connectivity index (χ2n) is 5.80. The summed E-state index contributed by atoms with van der Waals surface area (Å²) in [4.78, 5) is 2.22. The predicted molar refractivity (Wildman–Crippen MR) is 84.0 cm³/mol. The van der Waals surface area contributed by atoms with Crippen molar-refractivity contribution in [3.05, 3.63) is 28.2 Å². The van der Waals surface area contributed by atoms with Gasteiger partial charge in [-0.3, -0.25) is 0 Å². The summed E-state index contributed by atoms with van der Waals surface area (Å²) in [7, 11) is 2.07. The molecular weight excluding hydrogens is 306 g/mol. The van der Waals surface area contributed by atoms with E-state index in [4.69, 9.17) is 10.9 Å². The minimum atomic E-state index is 0.110. The Kier molecular flexibility index (Phi) is 4.85. The number of hydrogen-bond donors (Lipinski definition) is 2. The first-order valence-corrected chi connectivity index (χ1v) is 6.98. The Morgan fingerprint density at radius 1 is 1.42 bits per heavy atom. The van der Waals surface area contributed by atoms with Crippen molar-refractivity contribution in [3.8, 4) is 0 Å². The average Bonchev–Trinajstić information content (AvgIpc) is 2.34. The van der Waals surface area contributed by atoms with Crippen LogP contribution in [0.4, 0.5) is 5.69 Å². The molecule has 3 N–H and O–H groups in total. The zero-order valence-electron chi connectivity index (χ0n) is 12.1. The summed E-state index contributed by atoms with van der Waals surface area (Å²) in [5.74, 6) is 0.110. The number of benzene rings is 1. The van der Waals surface area contributed by atoms with Gasteiger partial charge in [0.15, 0.2) is 5.84 Å². The third kappa shape index (κ3) is 3.62. The van der Waals surface area contributed by atoms with Crippen molar-refractivity contribution >= 4 is 27.5 Å². The highest BCUT2D eigenvalue weighted by atomic mass is 79.9. The van der Waals surface area contributed by atoms with Crippen molar-refractivity contribution in [2.45, 2.75) is 33.7 Å². The summed E-state index contributed by atoms with van der Waals surface area (Å²) in [5.41, 5.74) is 7.53. The van der Waals surface area contributed by atoms with E-state index < -0.39 is 0 Å². The second-order valence-corrected chi connectivity index (χ2v) is 6.66. The zero-order chi connectivity index (χ0) is 14.8. The maximum Gasteiger partial charge on any atom is 0.170 e. The molecule has 0 saturated heterocycles. The highest BCUT2D eigenvalue weighted by Crippen LogP contribution is 2.32. The smallest absolute Gasteiger partial charge is 0.170 e. The number of rotatable bonds is 3. The lowest BCUT2D eigenvalue weighted by Crippen LogP contribution is -2.39. The molecule has 0 radical (unpaired) electrons. The Hall–Kier alpha value is -1.23. The van der Waals surface area contributed by atoms with Crippen LogP contribution in [-0.4, -0.2) is 24.1 Å². The fourth-order valence-corrected chi connectivity index (χ4v) is 2.46. The molecule has 1 unspecified atom stereocenters. The number of halogens is 1. The number of amidine groups is 1. The Morgan fingerprint density at radius 2 is 2.00 bits per heavy atom. The van der Waals surface area contributed by atoms with Crippen LogP contribution >= 0.6 is 15.9 Å². The minimum Gasteiger partial charge on any atom is -0.409 e. The van der Waals surface area contributed by atoms with E-state index in [2.05, 4.69) is 60.7 Å². The standard InChI is InChI=1S/C14H22BrN3O/c1-9(14(2,3)4)18(5)12-7-6-10(8-11(12)15)13(16)17-19/h6-9,19H,1-5H3,(H2,16,17). The van der Waals surface area contributed by atoms with Crippen LogP contribution in [0, 0.1) is 5.41 Å². The van der Waals surface area contributed by atoms with Gasteiger partial charge in [-0.15, -0.1) is 0 Å². The van der Waals surface area contributed by atoms with E-state index in [1.165, 1.54) is 0 Å². The maximum atomic E-state index is 8.69. The van der Waals surface area contributed by atoms with Gasteiger partial charge < -0.3 is 15.8 Å². The molecule has 0 heterocycles. The van der Waals surface area contributed by atoms with E-state index in [0.29, 0.717) is 11.6 Å². The number of nitrogens with two attached hydrogens (primary N) is 1. The fourth-order valence-electron chi connectivity index (χ4n) is 1.80. The van der Waals surface area contributed by atoms with Crippen LogP contribution in [-0.2, 0) is 0 Å². The SMILES string of the molecule is CC(N(C)c1ccc(/C(N)=N/O)cc1Br)C(C)(C)C. The van der Waals surface area contributed by atoms with Crippen LogP contribution in [0.25, 0.3) is 0 Å². The Labute approximate surface area is 123 Å². The molecule has 0 amide bonds. The predicted octanol–water partition coefficient (Wildman–Crippen LogP) is 3.41. The molecular formula is C14H22BrN3O. The van der Waals surface area contributed by atoms with Crippen LogP contribution in [0.2, 0.25) is 0 Å². The monoisotopic (exact) mass is 327 g/mol. The summed E-state index contributed by atoms with van der Waals surface area (Å²) in [5, 5.41) is 11.7. The van der Waals surface area contributed by atoms with Crippen molar-refractivity contribution in [1.29, 1.82) is 0 Å². The first-order chi connectivity index (χ1) is 8.68. The highest BCUT2D eigenvalue weighted by Gasteiger charge is 2.25. The molecule has 0 aliphatic rings. The van der Waals surface area contributed by atoms with Crippen molar-refractivity contribution in [1.82, 2.24) is 0 Å². The molecule has 19 heavy (non-hydrogen) atoms. The third-order valence-corrected chi connectivity index (χ3v) is 4.20. The van der Waals surface area contributed by atoms with E-state index in [1.54, 1.807) is 0 Å². The van der Waals surface area contributed by atoms with Gasteiger partial charge in [0.25, 0.3) is 0 Å². The number of hydrogen-bond acceptors (Lipinski definition) is 3. The zero-order valence-corrected chi connectivity index (χ0v) is 13.7. The van der Waals surface area contributed by atoms with Gasteiger partial charge in [0.1, 0.15) is 0 Å². The molecule has 0 aliphatic carbocycles. The lowest BCUT2D eigenvalue weighted by atomic mass is 9.87. The van der Waals surface area contributed by atoms with E-state index in [1.807, 2.05) is 18.2 Å². The summed E-state index contributed by atoms with van der Waals surface area (Å²) < 4.78 is 0.926. The van der Waals surface area contributed by atoms with E-state index >= 15 is 0 Å². The minimum absolute atomic E-state index is 0.110. The van der Waals surface area contributed by atoms with E-state index in [9.17, 15) is 0 Å². The number of oxime groups is 1. The van der Waals surface area contributed by atoms with Gasteiger partial charge in [0, 0.05) is 23.1 Å². The first kappa shape index (κ1) is 15.8. The molecule has 0 aromatic heterocycles. The Balaban J connectivity index is 3.10. The molecule has 106 valence electrons. The number of anilines is 1. The third-order valence-electron chi connectivity index (χ3n) is 3.57. The van der Waals surface area contributed by atoms with Crippen LogP contribution in [0.5, 0.6) is 0 Å². The van der Waals surface area contributed by atoms with E-state index in [-0.39, 0.29) is 11.3 Å². The molecule has 1 aromatic carbocycles. The van der Waals surface area contributed by atoms with Gasteiger partial charge in [-0.05, 0) is 46.5 Å². The van der Waals surface area contributed by atoms with Crippen LogP contribution in [0.1, 0.15) is 33.3 Å². The second kappa shape index (κ2) is 5.82. The van der Waals surface area contributed by atoms with Gasteiger partial charge in [-0.1, -0.05) is 25.9 Å². The molecule has 0 spiro atoms. The van der Waals surface area contributed by atoms with Gasteiger partial charge in [-0.25, -0.2) is 0 Å². The van der Waals surface area contributed by atoms with Crippen molar-refractivity contribution in [2.75, 3.05) is 11.9 Å². The lowest BCUT2D eigenvalue weighted by molar-refractivity contribution is 0.318. The number of nitrogens with zero attached hydrogens (tertiary/aromatic N) is 2. The van der Waals surface area contributed by atoms with Gasteiger partial charge in [-0.2, -0.15) is 0 Å². The molecule has 0 fully saturated rings. The molecule has 1 atom stereocenters. The topological polar surface area (TPSA) is 61.8 Å². The van der Waals surface area contributed by atoms with E-state index in [0.717, 1.165) is 10.2 Å². The summed E-state index contributed by atoms with van der Waals surface area (Å²) in [6.45, 7) is 8.84. The van der Waals surface area contributed by atoms with Gasteiger partial charge in [0.2, 0.25) is 0 Å². The lowest BCUT2D eigenvalue weighted by Gasteiger charge is -2.37. The largest absolute Gasteiger partial charge is 0.409 e. The summed E-state index contributed by atoms with van der Waals surface area (Å²) in [6.07, 6.45) is 0. The average molecular weight is 328 g/mol. The molecule has 0 saturated carbocycles. The van der Waals surface area contributed by atoms with Crippen LogP contribution in [0.15, 0.2) is 27.8 Å². The molecule has 1 rings (SSSR count). The normalized spacial score (nSPS) is 14.3. The van der Waals surface area contributed by atoms with Crippen LogP contribution < -0.4 is 10.6 Å². The van der Waals surface area contributed by atoms with Crippen molar-refractivity contribution in [3.63, 3.8) is 0 Å². The highest BCUT2D eigenvalue weighted by molar-refractivity contribution is 9.10. The van der Waals surface area contributed by atoms with Crippen molar-refractivity contribution in [2.24, 2.45) is 16.3 Å². The molecule has 5 heteroatoms. The Bertz CT molecular complexity index is 480. The van der Waals surface area contributed by atoms with Gasteiger partial charge >= 0.3 is 0 Å². The van der Waals surface area contributed by atoms with Gasteiger partial charge in [0.05, 0.1) is 5.69 Å².